The lowest BCUT2D eigenvalue weighted by molar-refractivity contribution is 0.0241. The maximum absolute atomic E-state index is 6.18. The van der Waals surface area contributed by atoms with E-state index in [0.717, 1.165) is 45.6 Å². The molecule has 0 radical (unpaired) electrons. The molecule has 0 aromatic heterocycles. The van der Waals surface area contributed by atoms with Crippen molar-refractivity contribution in [3.05, 3.63) is 35.9 Å². The van der Waals surface area contributed by atoms with E-state index in [1.54, 1.807) is 0 Å². The van der Waals surface area contributed by atoms with Crippen molar-refractivity contribution in [2.75, 3.05) is 26.3 Å². The smallest absolute Gasteiger partial charge is 0.0471 e. The molecule has 1 heterocycles. The summed E-state index contributed by atoms with van der Waals surface area (Å²) in [4.78, 5) is 0. The monoisotopic (exact) mass is 262 g/mol. The molecule has 2 rings (SSSR count). The third kappa shape index (κ3) is 4.94. The third-order valence-corrected chi connectivity index (χ3v) is 4.00. The Hall–Kier alpha value is -0.900. The zero-order valence-electron chi connectivity index (χ0n) is 11.9. The predicted octanol–water partition coefficient (Wildman–Crippen LogP) is 1.96. The van der Waals surface area contributed by atoms with Gasteiger partial charge in [0.25, 0.3) is 0 Å². The maximum Gasteiger partial charge on any atom is 0.0471 e. The van der Waals surface area contributed by atoms with Gasteiger partial charge in [0.05, 0.1) is 0 Å². The Balaban J connectivity index is 1.67. The van der Waals surface area contributed by atoms with E-state index in [1.807, 2.05) is 6.07 Å². The summed E-state index contributed by atoms with van der Waals surface area (Å²) in [7, 11) is 0. The SMILES string of the molecule is CC1(CNCC(N)Cc2ccccc2)CCOCC1. The van der Waals surface area contributed by atoms with E-state index < -0.39 is 0 Å². The van der Waals surface area contributed by atoms with Crippen molar-refractivity contribution in [2.24, 2.45) is 11.1 Å². The van der Waals surface area contributed by atoms with E-state index in [-0.39, 0.29) is 6.04 Å². The Bertz CT molecular complexity index is 360. The molecule has 106 valence electrons. The van der Waals surface area contributed by atoms with Gasteiger partial charge in [0.15, 0.2) is 0 Å². The number of nitrogens with two attached hydrogens (primary N) is 1. The molecule has 1 aliphatic rings. The molecule has 1 saturated heterocycles. The van der Waals surface area contributed by atoms with Crippen LogP contribution in [0.3, 0.4) is 0 Å². The first-order chi connectivity index (χ1) is 9.18. The van der Waals surface area contributed by atoms with Crippen molar-refractivity contribution in [1.82, 2.24) is 5.32 Å². The molecular formula is C16H26N2O. The lowest BCUT2D eigenvalue weighted by Crippen LogP contribution is -2.42. The molecule has 1 aromatic carbocycles. The molecule has 1 atom stereocenters. The summed E-state index contributed by atoms with van der Waals surface area (Å²) in [6.45, 7) is 6.05. The van der Waals surface area contributed by atoms with Crippen LogP contribution in [0.5, 0.6) is 0 Å². The molecule has 0 amide bonds. The summed E-state index contributed by atoms with van der Waals surface area (Å²) in [6, 6.07) is 10.6. The maximum atomic E-state index is 6.18. The van der Waals surface area contributed by atoms with Gasteiger partial charge in [-0.05, 0) is 30.2 Å². The van der Waals surface area contributed by atoms with Gasteiger partial charge in [0, 0.05) is 32.3 Å². The summed E-state index contributed by atoms with van der Waals surface area (Å²) < 4.78 is 5.42. The number of nitrogens with one attached hydrogen (secondary N) is 1. The second kappa shape index (κ2) is 7.04. The number of benzene rings is 1. The Morgan fingerprint density at radius 3 is 2.63 bits per heavy atom. The average Bonchev–Trinajstić information content (AvgIpc) is 2.40. The molecule has 1 aromatic rings. The van der Waals surface area contributed by atoms with Crippen LogP contribution in [-0.4, -0.2) is 32.3 Å². The van der Waals surface area contributed by atoms with Crippen molar-refractivity contribution in [2.45, 2.75) is 32.2 Å². The van der Waals surface area contributed by atoms with Crippen LogP contribution in [-0.2, 0) is 11.2 Å². The van der Waals surface area contributed by atoms with Crippen LogP contribution in [0.1, 0.15) is 25.3 Å². The summed E-state index contributed by atoms with van der Waals surface area (Å²) >= 11 is 0. The molecule has 1 fully saturated rings. The number of rotatable bonds is 6. The second-order valence-electron chi connectivity index (χ2n) is 6.00. The normalized spacial score (nSPS) is 20.1. The average molecular weight is 262 g/mol. The molecule has 3 nitrogen and oxygen atoms in total. The highest BCUT2D eigenvalue weighted by atomic mass is 16.5. The number of hydrogen-bond donors (Lipinski definition) is 2. The molecule has 3 heteroatoms. The summed E-state index contributed by atoms with van der Waals surface area (Å²) in [5, 5.41) is 3.54. The van der Waals surface area contributed by atoms with Crippen LogP contribution < -0.4 is 11.1 Å². The van der Waals surface area contributed by atoms with E-state index in [4.69, 9.17) is 10.5 Å². The molecular weight excluding hydrogens is 236 g/mol. The number of ether oxygens (including phenoxy) is 1. The van der Waals surface area contributed by atoms with Crippen LogP contribution in [0.2, 0.25) is 0 Å². The summed E-state index contributed by atoms with van der Waals surface area (Å²) in [6.07, 6.45) is 3.23. The highest BCUT2D eigenvalue weighted by Crippen LogP contribution is 2.28. The van der Waals surface area contributed by atoms with Crippen LogP contribution in [0.25, 0.3) is 0 Å². The zero-order chi connectivity index (χ0) is 13.6. The van der Waals surface area contributed by atoms with Crippen molar-refractivity contribution in [3.8, 4) is 0 Å². The fourth-order valence-electron chi connectivity index (χ4n) is 2.59. The van der Waals surface area contributed by atoms with Crippen LogP contribution >= 0.6 is 0 Å². The highest BCUT2D eigenvalue weighted by Gasteiger charge is 2.26. The van der Waals surface area contributed by atoms with Gasteiger partial charge in [-0.1, -0.05) is 37.3 Å². The van der Waals surface area contributed by atoms with E-state index in [0.29, 0.717) is 5.41 Å². The zero-order valence-corrected chi connectivity index (χ0v) is 11.9. The first kappa shape index (κ1) is 14.5. The van der Waals surface area contributed by atoms with Crippen molar-refractivity contribution < 1.29 is 4.74 Å². The van der Waals surface area contributed by atoms with E-state index in [1.165, 1.54) is 5.56 Å². The van der Waals surface area contributed by atoms with Gasteiger partial charge in [-0.25, -0.2) is 0 Å². The minimum Gasteiger partial charge on any atom is -0.381 e. The predicted molar refractivity (Wildman–Crippen MR) is 79.2 cm³/mol. The molecule has 0 spiro atoms. The van der Waals surface area contributed by atoms with Crippen LogP contribution in [0.4, 0.5) is 0 Å². The molecule has 0 aliphatic carbocycles. The van der Waals surface area contributed by atoms with Gasteiger partial charge >= 0.3 is 0 Å². The fourth-order valence-corrected chi connectivity index (χ4v) is 2.59. The molecule has 0 saturated carbocycles. The molecule has 0 bridgehead atoms. The lowest BCUT2D eigenvalue weighted by Gasteiger charge is -2.34. The minimum absolute atomic E-state index is 0.186. The van der Waals surface area contributed by atoms with Gasteiger partial charge in [0.2, 0.25) is 0 Å². The fraction of sp³-hybridized carbons (Fsp3) is 0.625. The quantitative estimate of drug-likeness (QED) is 0.824. The Labute approximate surface area is 116 Å². The largest absolute Gasteiger partial charge is 0.381 e. The van der Waals surface area contributed by atoms with E-state index in [9.17, 15) is 0 Å². The Morgan fingerprint density at radius 1 is 1.26 bits per heavy atom. The van der Waals surface area contributed by atoms with E-state index in [2.05, 4.69) is 36.5 Å². The highest BCUT2D eigenvalue weighted by molar-refractivity contribution is 5.15. The number of hydrogen-bond acceptors (Lipinski definition) is 3. The van der Waals surface area contributed by atoms with Crippen molar-refractivity contribution in [3.63, 3.8) is 0 Å². The first-order valence-electron chi connectivity index (χ1n) is 7.26. The van der Waals surface area contributed by atoms with Crippen molar-refractivity contribution >= 4 is 0 Å². The van der Waals surface area contributed by atoms with E-state index >= 15 is 0 Å². The molecule has 1 unspecified atom stereocenters. The van der Waals surface area contributed by atoms with Crippen LogP contribution in [0, 0.1) is 5.41 Å². The Kier molecular flexibility index (Phi) is 5.37. The van der Waals surface area contributed by atoms with Crippen molar-refractivity contribution in [1.29, 1.82) is 0 Å². The second-order valence-corrected chi connectivity index (χ2v) is 6.00. The van der Waals surface area contributed by atoms with Gasteiger partial charge in [0.1, 0.15) is 0 Å². The lowest BCUT2D eigenvalue weighted by atomic mass is 9.82. The molecule has 3 N–H and O–H groups in total. The summed E-state index contributed by atoms with van der Waals surface area (Å²) in [5.74, 6) is 0. The Morgan fingerprint density at radius 2 is 1.95 bits per heavy atom. The third-order valence-electron chi connectivity index (χ3n) is 4.00. The first-order valence-corrected chi connectivity index (χ1v) is 7.26. The standard InChI is InChI=1S/C16H26N2O/c1-16(7-9-19-10-8-16)13-18-12-15(17)11-14-5-3-2-4-6-14/h2-6,15,18H,7-13,17H2,1H3. The summed E-state index contributed by atoms with van der Waals surface area (Å²) in [5.41, 5.74) is 7.87. The topological polar surface area (TPSA) is 47.3 Å². The molecule has 19 heavy (non-hydrogen) atoms. The van der Waals surface area contributed by atoms with Gasteiger partial charge < -0.3 is 15.8 Å². The van der Waals surface area contributed by atoms with Crippen LogP contribution in [0.15, 0.2) is 30.3 Å². The molecule has 1 aliphatic heterocycles. The van der Waals surface area contributed by atoms with Gasteiger partial charge in [-0.3, -0.25) is 0 Å². The minimum atomic E-state index is 0.186. The van der Waals surface area contributed by atoms with Gasteiger partial charge in [-0.15, -0.1) is 0 Å². The van der Waals surface area contributed by atoms with Gasteiger partial charge in [-0.2, -0.15) is 0 Å².